The van der Waals surface area contributed by atoms with E-state index in [4.69, 9.17) is 5.11 Å². The number of aliphatic hydroxyl groups is 1. The van der Waals surface area contributed by atoms with Crippen LogP contribution in [0.2, 0.25) is 0 Å². The molecule has 0 aliphatic carbocycles. The average molecular weight is 256 g/mol. The monoisotopic (exact) mass is 256 g/mol. The van der Waals surface area contributed by atoms with Crippen molar-refractivity contribution >= 4 is 0 Å². The number of hydrogen-bond donors (Lipinski definition) is 1. The van der Waals surface area contributed by atoms with Gasteiger partial charge < -0.3 is 5.11 Å². The molecule has 2 heterocycles. The summed E-state index contributed by atoms with van der Waals surface area (Å²) in [6, 6.07) is 3.19. The minimum absolute atomic E-state index is 0.121. The van der Waals surface area contributed by atoms with Crippen molar-refractivity contribution in [3.05, 3.63) is 23.7 Å². The average Bonchev–Trinajstić information content (AvgIpc) is 2.82. The van der Waals surface area contributed by atoms with Gasteiger partial charge in [0.1, 0.15) is 5.82 Å². The van der Waals surface area contributed by atoms with Crippen molar-refractivity contribution in [2.45, 2.75) is 26.9 Å². The van der Waals surface area contributed by atoms with Crippen LogP contribution < -0.4 is 0 Å². The number of nitrogens with zero attached hydrogens (tertiary/aromatic N) is 4. The van der Waals surface area contributed by atoms with Crippen LogP contribution in [0, 0.1) is 13.8 Å². The molecule has 0 aliphatic rings. The summed E-state index contributed by atoms with van der Waals surface area (Å²) in [6.07, 6.45) is 0. The maximum Gasteiger partial charge on any atom is 0.319 e. The Morgan fingerprint density at radius 3 is 2.67 bits per heavy atom. The minimum atomic E-state index is -2.63. The third-order valence-corrected chi connectivity index (χ3v) is 2.64. The Bertz CT molecular complexity index is 547. The van der Waals surface area contributed by atoms with Crippen LogP contribution in [0.15, 0.2) is 12.1 Å². The molecule has 5 nitrogen and oxygen atoms in total. The summed E-state index contributed by atoms with van der Waals surface area (Å²) < 4.78 is 28.3. The lowest BCUT2D eigenvalue weighted by Gasteiger charge is -2.10. The van der Waals surface area contributed by atoms with E-state index < -0.39 is 6.55 Å². The van der Waals surface area contributed by atoms with Crippen LogP contribution in [0.5, 0.6) is 0 Å². The second-order valence-electron chi connectivity index (χ2n) is 3.94. The van der Waals surface area contributed by atoms with E-state index in [1.807, 2.05) is 0 Å². The number of aromatic nitrogens is 4. The summed E-state index contributed by atoms with van der Waals surface area (Å²) in [5.74, 6) is 0.827. The van der Waals surface area contributed by atoms with Crippen LogP contribution in [0.3, 0.4) is 0 Å². The summed E-state index contributed by atoms with van der Waals surface area (Å²) in [5.41, 5.74) is 0.757. The highest BCUT2D eigenvalue weighted by molar-refractivity contribution is 5.52. The second kappa shape index (κ2) is 4.85. The highest BCUT2D eigenvalue weighted by atomic mass is 19.3. The first-order valence-corrected chi connectivity index (χ1v) is 5.53. The zero-order chi connectivity index (χ0) is 13.3. The Morgan fingerprint density at radius 1 is 1.33 bits per heavy atom. The Kier molecular flexibility index (Phi) is 3.42. The number of hydrogen-bond acceptors (Lipinski definition) is 3. The molecular formula is C11H14F2N4O. The highest BCUT2D eigenvalue weighted by Crippen LogP contribution is 2.26. The number of alkyl halides is 2. The van der Waals surface area contributed by atoms with Gasteiger partial charge in [-0.05, 0) is 26.0 Å². The first-order valence-electron chi connectivity index (χ1n) is 5.53. The third kappa shape index (κ3) is 2.13. The van der Waals surface area contributed by atoms with Crippen molar-refractivity contribution in [1.82, 2.24) is 19.3 Å². The van der Waals surface area contributed by atoms with E-state index in [1.165, 1.54) is 4.68 Å². The lowest BCUT2D eigenvalue weighted by atomic mass is 10.4. The zero-order valence-corrected chi connectivity index (χ0v) is 10.1. The van der Waals surface area contributed by atoms with Gasteiger partial charge in [-0.1, -0.05) is 0 Å². The molecule has 0 spiro atoms. The maximum absolute atomic E-state index is 13.0. The zero-order valence-electron chi connectivity index (χ0n) is 10.1. The van der Waals surface area contributed by atoms with Crippen LogP contribution in [0.4, 0.5) is 8.78 Å². The summed E-state index contributed by atoms with van der Waals surface area (Å²) in [6.45, 7) is 0.762. The first-order chi connectivity index (χ1) is 8.54. The number of aliphatic hydroxyl groups excluding tert-OH is 1. The molecule has 0 aromatic carbocycles. The molecule has 7 heteroatoms. The highest BCUT2D eigenvalue weighted by Gasteiger charge is 2.19. The van der Waals surface area contributed by atoms with Gasteiger partial charge in [0.05, 0.1) is 18.8 Å². The largest absolute Gasteiger partial charge is 0.394 e. The molecule has 98 valence electrons. The van der Waals surface area contributed by atoms with E-state index in [-0.39, 0.29) is 13.2 Å². The Balaban J connectivity index is 2.54. The van der Waals surface area contributed by atoms with Gasteiger partial charge in [0.2, 0.25) is 0 Å². The van der Waals surface area contributed by atoms with E-state index in [1.54, 1.807) is 26.0 Å². The van der Waals surface area contributed by atoms with Gasteiger partial charge in [-0.2, -0.15) is 13.9 Å². The van der Waals surface area contributed by atoms with E-state index >= 15 is 0 Å². The predicted molar refractivity (Wildman–Crippen MR) is 61.3 cm³/mol. The van der Waals surface area contributed by atoms with Gasteiger partial charge in [-0.25, -0.2) is 9.67 Å². The Morgan fingerprint density at radius 2 is 2.06 bits per heavy atom. The van der Waals surface area contributed by atoms with Crippen molar-refractivity contribution in [2.24, 2.45) is 0 Å². The molecule has 2 rings (SSSR count). The number of rotatable bonds is 4. The molecule has 0 atom stereocenters. The molecule has 0 unspecified atom stereocenters. The summed E-state index contributed by atoms with van der Waals surface area (Å²) in [4.78, 5) is 4.14. The van der Waals surface area contributed by atoms with Crippen molar-refractivity contribution in [1.29, 1.82) is 0 Å². The van der Waals surface area contributed by atoms with Crippen LogP contribution in [-0.4, -0.2) is 31.0 Å². The Labute approximate surface area is 103 Å². The molecule has 0 saturated carbocycles. The fourth-order valence-electron chi connectivity index (χ4n) is 1.89. The van der Waals surface area contributed by atoms with Crippen LogP contribution in [-0.2, 0) is 6.54 Å². The van der Waals surface area contributed by atoms with Gasteiger partial charge in [0.15, 0.2) is 5.82 Å². The lowest BCUT2D eigenvalue weighted by molar-refractivity contribution is 0.0702. The van der Waals surface area contributed by atoms with Crippen LogP contribution >= 0.6 is 0 Å². The fourth-order valence-corrected chi connectivity index (χ4v) is 1.89. The quantitative estimate of drug-likeness (QED) is 0.906. The van der Waals surface area contributed by atoms with Gasteiger partial charge in [-0.15, -0.1) is 0 Å². The molecule has 18 heavy (non-hydrogen) atoms. The van der Waals surface area contributed by atoms with Crippen LogP contribution in [0.25, 0.3) is 11.5 Å². The third-order valence-electron chi connectivity index (χ3n) is 2.64. The predicted octanol–water partition coefficient (Wildman–Crippen LogP) is 1.75. The number of halogens is 2. The molecule has 0 radical (unpaired) electrons. The minimum Gasteiger partial charge on any atom is -0.394 e. The molecule has 0 bridgehead atoms. The summed E-state index contributed by atoms with van der Waals surface area (Å²) >= 11 is 0. The van der Waals surface area contributed by atoms with E-state index in [9.17, 15) is 8.78 Å². The van der Waals surface area contributed by atoms with E-state index in [2.05, 4.69) is 10.1 Å². The molecule has 0 aliphatic heterocycles. The van der Waals surface area contributed by atoms with Crippen molar-refractivity contribution in [3.8, 4) is 11.5 Å². The van der Waals surface area contributed by atoms with Crippen molar-refractivity contribution in [2.75, 3.05) is 6.61 Å². The van der Waals surface area contributed by atoms with Crippen molar-refractivity contribution in [3.63, 3.8) is 0 Å². The molecule has 0 saturated heterocycles. The normalized spacial score (nSPS) is 11.4. The van der Waals surface area contributed by atoms with E-state index in [0.29, 0.717) is 23.0 Å². The van der Waals surface area contributed by atoms with Gasteiger partial charge in [0, 0.05) is 5.69 Å². The summed E-state index contributed by atoms with van der Waals surface area (Å²) in [5, 5.41) is 13.0. The first kappa shape index (κ1) is 12.7. The Hall–Kier alpha value is -1.76. The van der Waals surface area contributed by atoms with Crippen LogP contribution in [0.1, 0.15) is 18.1 Å². The van der Waals surface area contributed by atoms with Crippen molar-refractivity contribution < 1.29 is 13.9 Å². The SMILES string of the molecule is Cc1nc(-c2ccc(C)n2C(F)F)n(CCO)n1. The smallest absolute Gasteiger partial charge is 0.319 e. The van der Waals surface area contributed by atoms with E-state index in [0.717, 1.165) is 4.57 Å². The maximum atomic E-state index is 13.0. The molecule has 0 fully saturated rings. The second-order valence-corrected chi connectivity index (χ2v) is 3.94. The molecule has 2 aromatic rings. The number of aryl methyl sites for hydroxylation is 2. The molecule has 1 N–H and O–H groups in total. The van der Waals surface area contributed by atoms with Gasteiger partial charge in [0.25, 0.3) is 0 Å². The van der Waals surface area contributed by atoms with Gasteiger partial charge in [-0.3, -0.25) is 4.57 Å². The molecular weight excluding hydrogens is 242 g/mol. The lowest BCUT2D eigenvalue weighted by Crippen LogP contribution is -2.10. The molecule has 0 amide bonds. The summed E-state index contributed by atoms with van der Waals surface area (Å²) in [7, 11) is 0. The standard InChI is InChI=1S/C11H14F2N4O/c1-7-3-4-9(17(7)11(12)13)10-14-8(2)15-16(10)5-6-18/h3-4,11,18H,5-6H2,1-2H3. The molecule has 2 aromatic heterocycles. The topological polar surface area (TPSA) is 55.9 Å². The fraction of sp³-hybridized carbons (Fsp3) is 0.455. The van der Waals surface area contributed by atoms with Gasteiger partial charge >= 0.3 is 6.55 Å².